The van der Waals surface area contributed by atoms with Crippen molar-refractivity contribution in [2.24, 2.45) is 0 Å². The Bertz CT molecular complexity index is 941. The molecule has 0 bridgehead atoms. The number of alkyl halides is 3. The second-order valence-corrected chi connectivity index (χ2v) is 7.20. The van der Waals surface area contributed by atoms with Gasteiger partial charge in [-0.1, -0.05) is 30.3 Å². The first-order chi connectivity index (χ1) is 14.8. The maximum atomic E-state index is 12.2. The lowest BCUT2D eigenvalue weighted by atomic mass is 9.91. The van der Waals surface area contributed by atoms with Crippen LogP contribution in [0.25, 0.3) is 5.70 Å². The molecule has 2 aliphatic heterocycles. The summed E-state index contributed by atoms with van der Waals surface area (Å²) in [6, 6.07) is 14.6. The monoisotopic (exact) mass is 435 g/mol. The summed E-state index contributed by atoms with van der Waals surface area (Å²) in [6.07, 6.45) is -2.20. The minimum absolute atomic E-state index is 0.284. The number of amides is 1. The number of halogens is 3. The molecule has 2 N–H and O–H groups in total. The van der Waals surface area contributed by atoms with Crippen molar-refractivity contribution in [2.45, 2.75) is 24.8 Å². The van der Waals surface area contributed by atoms with Crippen LogP contribution in [0.4, 0.5) is 23.7 Å². The van der Waals surface area contributed by atoms with Gasteiger partial charge in [-0.3, -0.25) is 15.6 Å². The Morgan fingerprint density at radius 2 is 1.74 bits per heavy atom. The molecule has 1 spiro atoms. The lowest BCUT2D eigenvalue weighted by Crippen LogP contribution is -2.45. The number of carbonyl (C=O) groups is 1. The zero-order valence-corrected chi connectivity index (χ0v) is 16.3. The van der Waals surface area contributed by atoms with E-state index in [-0.39, 0.29) is 11.4 Å². The van der Waals surface area contributed by atoms with Crippen molar-refractivity contribution in [1.82, 2.24) is 10.5 Å². The molecule has 1 amide bonds. The van der Waals surface area contributed by atoms with Crippen molar-refractivity contribution in [3.63, 3.8) is 0 Å². The van der Waals surface area contributed by atoms with Crippen molar-refractivity contribution >= 4 is 17.5 Å². The van der Waals surface area contributed by atoms with Crippen LogP contribution in [-0.2, 0) is 9.68 Å². The molecular weight excluding hydrogens is 415 g/mol. The van der Waals surface area contributed by atoms with Crippen LogP contribution in [0.1, 0.15) is 18.4 Å². The third-order valence-corrected chi connectivity index (χ3v) is 4.97. The standard InChI is InChI=1S/C21H20F3N3O4/c22-21(23,24)29-17-8-6-16(7-9-17)25-19(28)30-27-12-10-20(11-13-27)14-18(26-31-20)15-4-2-1-3-5-15/h1-9,14,26H,10-13H2,(H,25,28). The maximum absolute atomic E-state index is 12.2. The number of piperidine rings is 1. The lowest BCUT2D eigenvalue weighted by Gasteiger charge is -2.35. The van der Waals surface area contributed by atoms with Gasteiger partial charge in [0.05, 0.1) is 5.70 Å². The molecule has 164 valence electrons. The summed E-state index contributed by atoms with van der Waals surface area (Å²) in [6.45, 7) is 0.929. The van der Waals surface area contributed by atoms with Gasteiger partial charge in [0.25, 0.3) is 0 Å². The molecule has 2 aliphatic rings. The van der Waals surface area contributed by atoms with Gasteiger partial charge in [0.15, 0.2) is 0 Å². The van der Waals surface area contributed by atoms with E-state index in [4.69, 9.17) is 9.68 Å². The molecule has 31 heavy (non-hydrogen) atoms. The van der Waals surface area contributed by atoms with E-state index in [9.17, 15) is 18.0 Å². The van der Waals surface area contributed by atoms with E-state index < -0.39 is 18.1 Å². The number of nitrogens with zero attached hydrogens (tertiary/aromatic N) is 1. The zero-order chi connectivity index (χ0) is 21.9. The Morgan fingerprint density at radius 3 is 2.39 bits per heavy atom. The van der Waals surface area contributed by atoms with Gasteiger partial charge in [-0.15, -0.1) is 18.2 Å². The quantitative estimate of drug-likeness (QED) is 0.739. The van der Waals surface area contributed by atoms with Crippen LogP contribution in [-0.4, -0.2) is 36.2 Å². The largest absolute Gasteiger partial charge is 0.573 e. The minimum atomic E-state index is -4.77. The lowest BCUT2D eigenvalue weighted by molar-refractivity contribution is -0.274. The number of hydrogen-bond acceptors (Lipinski definition) is 6. The second kappa shape index (κ2) is 8.48. The van der Waals surface area contributed by atoms with Crippen LogP contribution in [0.2, 0.25) is 0 Å². The Hall–Kier alpha value is -3.24. The molecule has 2 aromatic carbocycles. The molecule has 0 saturated carbocycles. The highest BCUT2D eigenvalue weighted by Gasteiger charge is 2.39. The smallest absolute Gasteiger partial charge is 0.406 e. The van der Waals surface area contributed by atoms with Crippen LogP contribution in [0, 0.1) is 0 Å². The van der Waals surface area contributed by atoms with Gasteiger partial charge in [0, 0.05) is 18.8 Å². The molecule has 0 radical (unpaired) electrons. The van der Waals surface area contributed by atoms with Crippen molar-refractivity contribution in [3.05, 3.63) is 66.2 Å². The summed E-state index contributed by atoms with van der Waals surface area (Å²) in [5.74, 6) is -0.374. The molecule has 10 heteroatoms. The van der Waals surface area contributed by atoms with Crippen LogP contribution in [0.3, 0.4) is 0 Å². The SMILES string of the molecule is O=C(Nc1ccc(OC(F)(F)F)cc1)ON1CCC2(C=C(c3ccccc3)NO2)CC1. The third-order valence-electron chi connectivity index (χ3n) is 4.97. The van der Waals surface area contributed by atoms with E-state index >= 15 is 0 Å². The summed E-state index contributed by atoms with van der Waals surface area (Å²) in [5, 5.41) is 4.00. The summed E-state index contributed by atoms with van der Waals surface area (Å²) in [4.78, 5) is 23.2. The third kappa shape index (κ3) is 5.47. The van der Waals surface area contributed by atoms with E-state index in [2.05, 4.69) is 21.6 Å². The van der Waals surface area contributed by atoms with E-state index in [1.54, 1.807) is 0 Å². The Labute approximate surface area is 176 Å². The van der Waals surface area contributed by atoms with Gasteiger partial charge in [-0.25, -0.2) is 4.79 Å². The van der Waals surface area contributed by atoms with Gasteiger partial charge >= 0.3 is 12.5 Å². The fraction of sp³-hybridized carbons (Fsp3) is 0.286. The van der Waals surface area contributed by atoms with Crippen LogP contribution < -0.4 is 15.5 Å². The highest BCUT2D eigenvalue weighted by atomic mass is 19.4. The van der Waals surface area contributed by atoms with E-state index in [0.717, 1.165) is 23.4 Å². The highest BCUT2D eigenvalue weighted by molar-refractivity contribution is 5.84. The first-order valence-corrected chi connectivity index (χ1v) is 9.62. The van der Waals surface area contributed by atoms with Crippen molar-refractivity contribution in [1.29, 1.82) is 0 Å². The Kier molecular flexibility index (Phi) is 5.75. The number of benzene rings is 2. The molecule has 1 saturated heterocycles. The molecule has 0 aliphatic carbocycles. The van der Waals surface area contributed by atoms with Crippen LogP contribution in [0.5, 0.6) is 5.75 Å². The Balaban J connectivity index is 1.26. The minimum Gasteiger partial charge on any atom is -0.406 e. The first-order valence-electron chi connectivity index (χ1n) is 9.62. The normalized spacial score (nSPS) is 18.2. The Morgan fingerprint density at radius 1 is 1.06 bits per heavy atom. The van der Waals surface area contributed by atoms with Crippen molar-refractivity contribution in [3.8, 4) is 5.75 Å². The predicted molar refractivity (Wildman–Crippen MR) is 105 cm³/mol. The molecule has 0 atom stereocenters. The zero-order valence-electron chi connectivity index (χ0n) is 16.3. The van der Waals surface area contributed by atoms with Crippen molar-refractivity contribution < 1.29 is 32.4 Å². The number of rotatable bonds is 4. The fourth-order valence-corrected chi connectivity index (χ4v) is 3.44. The summed E-state index contributed by atoms with van der Waals surface area (Å²) < 4.78 is 40.4. The molecule has 0 unspecified atom stereocenters. The van der Waals surface area contributed by atoms with Gasteiger partial charge in [-0.05, 0) is 48.7 Å². The van der Waals surface area contributed by atoms with Crippen molar-refractivity contribution in [2.75, 3.05) is 18.4 Å². The molecule has 1 fully saturated rings. The predicted octanol–water partition coefficient (Wildman–Crippen LogP) is 4.46. The highest BCUT2D eigenvalue weighted by Crippen LogP contribution is 2.34. The maximum Gasteiger partial charge on any atom is 0.573 e. The number of carbonyl (C=O) groups excluding carboxylic acids is 1. The molecule has 4 rings (SSSR count). The summed E-state index contributed by atoms with van der Waals surface area (Å²) in [5.41, 5.74) is 4.74. The average molecular weight is 435 g/mol. The fourth-order valence-electron chi connectivity index (χ4n) is 3.44. The van der Waals surface area contributed by atoms with Gasteiger partial charge in [0.2, 0.25) is 0 Å². The molecule has 7 nitrogen and oxygen atoms in total. The molecule has 2 aromatic rings. The first kappa shape index (κ1) is 21.0. The number of hydrogen-bond donors (Lipinski definition) is 2. The van der Waals surface area contributed by atoms with Gasteiger partial charge in [0.1, 0.15) is 11.4 Å². The molecule has 2 heterocycles. The summed E-state index contributed by atoms with van der Waals surface area (Å²) >= 11 is 0. The van der Waals surface area contributed by atoms with Gasteiger partial charge in [-0.2, -0.15) is 0 Å². The van der Waals surface area contributed by atoms with Crippen LogP contribution in [0.15, 0.2) is 60.7 Å². The number of nitrogens with one attached hydrogen (secondary N) is 2. The molecule has 0 aromatic heterocycles. The summed E-state index contributed by atoms with van der Waals surface area (Å²) in [7, 11) is 0. The topological polar surface area (TPSA) is 72.1 Å². The van der Waals surface area contributed by atoms with E-state index in [1.165, 1.54) is 17.2 Å². The number of anilines is 1. The second-order valence-electron chi connectivity index (χ2n) is 7.20. The average Bonchev–Trinajstić information content (AvgIpc) is 3.15. The van der Waals surface area contributed by atoms with E-state index in [1.807, 2.05) is 30.3 Å². The number of ether oxygens (including phenoxy) is 1. The van der Waals surface area contributed by atoms with Gasteiger partial charge < -0.3 is 9.57 Å². The van der Waals surface area contributed by atoms with E-state index in [0.29, 0.717) is 25.9 Å². The number of hydroxylamine groups is 3. The van der Waals surface area contributed by atoms with Crippen LogP contribution >= 0.6 is 0 Å². The molecular formula is C21H20F3N3O4.